The van der Waals surface area contributed by atoms with Crippen LogP contribution in [0.15, 0.2) is 48.2 Å². The third-order valence-electron chi connectivity index (χ3n) is 6.28. The Hall–Kier alpha value is -4.71. The van der Waals surface area contributed by atoms with Crippen LogP contribution < -0.4 is 21.3 Å². The normalized spacial score (nSPS) is 16.9. The lowest BCUT2D eigenvalue weighted by Gasteiger charge is -2.28. The molecule has 1 unspecified atom stereocenters. The van der Waals surface area contributed by atoms with Crippen LogP contribution in [0, 0.1) is 6.92 Å². The highest BCUT2D eigenvalue weighted by Gasteiger charge is 2.42. The molecule has 0 bridgehead atoms. The summed E-state index contributed by atoms with van der Waals surface area (Å²) in [6.07, 6.45) is 1.10. The summed E-state index contributed by atoms with van der Waals surface area (Å²) in [5, 5.41) is 10.9. The highest BCUT2D eigenvalue weighted by molar-refractivity contribution is 6.31. The van der Waals surface area contributed by atoms with Gasteiger partial charge in [-0.25, -0.2) is 4.79 Å². The van der Waals surface area contributed by atoms with Crippen LogP contribution in [-0.2, 0) is 25.7 Å². The summed E-state index contributed by atoms with van der Waals surface area (Å²) in [4.78, 5) is 76.8. The van der Waals surface area contributed by atoms with E-state index in [1.807, 2.05) is 6.92 Å². The van der Waals surface area contributed by atoms with Crippen molar-refractivity contribution in [3.05, 3.63) is 69.9 Å². The number of rotatable bonds is 7. The zero-order valence-corrected chi connectivity index (χ0v) is 22.7. The molecule has 0 radical (unpaired) electrons. The number of imide groups is 2. The number of nitrogens with zero attached hydrogens (tertiary/aromatic N) is 2. The fourth-order valence-electron chi connectivity index (χ4n) is 4.23. The van der Waals surface area contributed by atoms with Gasteiger partial charge in [0.15, 0.2) is 0 Å². The third kappa shape index (κ3) is 6.29. The van der Waals surface area contributed by atoms with Crippen LogP contribution in [0.4, 0.5) is 16.2 Å². The summed E-state index contributed by atoms with van der Waals surface area (Å²) in [7, 11) is 3.17. The van der Waals surface area contributed by atoms with E-state index in [0.29, 0.717) is 22.0 Å². The first-order valence-electron chi connectivity index (χ1n) is 12.3. The van der Waals surface area contributed by atoms with Crippen molar-refractivity contribution in [1.29, 1.82) is 0 Å². The lowest BCUT2D eigenvalue weighted by molar-refractivity contribution is -0.149. The molecule has 2 heterocycles. The van der Waals surface area contributed by atoms with E-state index < -0.39 is 35.7 Å². The molecule has 2 aliphatic rings. The van der Waals surface area contributed by atoms with Gasteiger partial charge in [0.25, 0.3) is 17.7 Å². The van der Waals surface area contributed by atoms with Gasteiger partial charge >= 0.3 is 6.03 Å². The molecule has 4 rings (SSSR count). The fraction of sp³-hybridized carbons (Fsp3) is 0.259. The van der Waals surface area contributed by atoms with Gasteiger partial charge < -0.3 is 20.9 Å². The predicted molar refractivity (Wildman–Crippen MR) is 146 cm³/mol. The third-order valence-corrected chi connectivity index (χ3v) is 6.69. The lowest BCUT2D eigenvalue weighted by atomic mass is 10.0. The summed E-state index contributed by atoms with van der Waals surface area (Å²) in [5.41, 5.74) is 2.39. The van der Waals surface area contributed by atoms with Crippen LogP contribution in [0.25, 0.3) is 0 Å². The lowest BCUT2D eigenvalue weighted by Crippen LogP contribution is -2.54. The van der Waals surface area contributed by atoms with E-state index in [-0.39, 0.29) is 36.6 Å². The molecule has 1 atom stereocenters. The number of aryl methyl sites for hydroxylation is 1. The van der Waals surface area contributed by atoms with Gasteiger partial charge in [-0.05, 0) is 54.8 Å². The SMILES string of the molecule is Cc1ccc(NC(=O)NCc2cc(NC3=CC(=O)N(C4CCC(=O)NC4=O)C3=O)cc(C(=O)N(C)C)c2)cc1Cl. The molecule has 0 saturated carbocycles. The van der Waals surface area contributed by atoms with E-state index in [0.717, 1.165) is 16.5 Å². The van der Waals surface area contributed by atoms with Crippen molar-refractivity contribution in [1.82, 2.24) is 20.4 Å². The zero-order chi connectivity index (χ0) is 29.1. The number of halogens is 1. The summed E-state index contributed by atoms with van der Waals surface area (Å²) >= 11 is 6.11. The minimum atomic E-state index is -1.10. The maximum atomic E-state index is 13.1. The Morgan fingerprint density at radius 3 is 2.50 bits per heavy atom. The van der Waals surface area contributed by atoms with Crippen molar-refractivity contribution in [3.63, 3.8) is 0 Å². The molecule has 13 heteroatoms. The number of carbonyl (C=O) groups is 6. The Bertz CT molecular complexity index is 1470. The molecule has 4 N–H and O–H groups in total. The van der Waals surface area contributed by atoms with Gasteiger partial charge in [0.2, 0.25) is 11.8 Å². The Morgan fingerprint density at radius 1 is 1.07 bits per heavy atom. The first-order chi connectivity index (χ1) is 18.9. The molecule has 1 saturated heterocycles. The van der Waals surface area contributed by atoms with Crippen LogP contribution in [0.5, 0.6) is 0 Å². The van der Waals surface area contributed by atoms with E-state index >= 15 is 0 Å². The van der Waals surface area contributed by atoms with Gasteiger partial charge in [-0.3, -0.25) is 34.2 Å². The van der Waals surface area contributed by atoms with Crippen molar-refractivity contribution < 1.29 is 28.8 Å². The molecule has 0 aliphatic carbocycles. The Kier molecular flexibility index (Phi) is 8.19. The average molecular weight is 567 g/mol. The van der Waals surface area contributed by atoms with Crippen LogP contribution in [0.1, 0.15) is 34.3 Å². The standard InChI is InChI=1S/C27H27ClN6O6/c1-14-4-5-17(11-19(14)28)31-27(40)29-13-15-8-16(25(38)33(2)3)10-18(9-15)30-20-12-23(36)34(26(20)39)21-6-7-22(35)32-24(21)37/h4-5,8-12,21,30H,6-7,13H2,1-3H3,(H2,29,31,40)(H,32,35,37). The molecule has 2 aliphatic heterocycles. The zero-order valence-electron chi connectivity index (χ0n) is 22.0. The van der Waals surface area contributed by atoms with Crippen LogP contribution in [-0.4, -0.2) is 65.5 Å². The Morgan fingerprint density at radius 2 is 1.82 bits per heavy atom. The molecule has 12 nitrogen and oxygen atoms in total. The second kappa shape index (κ2) is 11.6. The molecule has 0 spiro atoms. The van der Waals surface area contributed by atoms with Crippen LogP contribution in [0.2, 0.25) is 5.02 Å². The number of nitrogens with one attached hydrogen (secondary N) is 4. The summed E-state index contributed by atoms with van der Waals surface area (Å²) in [6, 6.07) is 8.23. The molecule has 40 heavy (non-hydrogen) atoms. The molecule has 0 aromatic heterocycles. The van der Waals surface area contributed by atoms with E-state index in [4.69, 9.17) is 11.6 Å². The predicted octanol–water partition coefficient (Wildman–Crippen LogP) is 2.14. The molecular formula is C27H27ClN6O6. The van der Waals surface area contributed by atoms with Crippen LogP contribution >= 0.6 is 11.6 Å². The maximum absolute atomic E-state index is 13.1. The molecule has 2 aromatic carbocycles. The highest BCUT2D eigenvalue weighted by atomic mass is 35.5. The first-order valence-corrected chi connectivity index (χ1v) is 12.7. The van der Waals surface area contributed by atoms with Gasteiger partial charge in [-0.2, -0.15) is 0 Å². The van der Waals surface area contributed by atoms with Crippen molar-refractivity contribution in [3.8, 4) is 0 Å². The average Bonchev–Trinajstić information content (AvgIpc) is 3.16. The number of hydrogen-bond donors (Lipinski definition) is 4. The van der Waals surface area contributed by atoms with Crippen LogP contribution in [0.3, 0.4) is 0 Å². The Labute approximate surface area is 234 Å². The number of urea groups is 1. The second-order valence-electron chi connectivity index (χ2n) is 9.55. The van der Waals surface area contributed by atoms with E-state index in [1.165, 1.54) is 11.0 Å². The summed E-state index contributed by atoms with van der Waals surface area (Å²) < 4.78 is 0. The summed E-state index contributed by atoms with van der Waals surface area (Å²) in [5.74, 6) is -2.94. The number of piperidine rings is 1. The molecule has 208 valence electrons. The number of benzene rings is 2. The Balaban J connectivity index is 1.50. The quantitative estimate of drug-likeness (QED) is 0.374. The minimum Gasteiger partial charge on any atom is -0.351 e. The van der Waals surface area contributed by atoms with Gasteiger partial charge in [0, 0.05) is 55.1 Å². The van der Waals surface area contributed by atoms with E-state index in [2.05, 4.69) is 21.3 Å². The van der Waals surface area contributed by atoms with Gasteiger partial charge in [0.05, 0.1) is 0 Å². The smallest absolute Gasteiger partial charge is 0.319 e. The molecule has 7 amide bonds. The van der Waals surface area contributed by atoms with Gasteiger partial charge in [0.1, 0.15) is 11.7 Å². The molecule has 1 fully saturated rings. The van der Waals surface area contributed by atoms with Gasteiger partial charge in [-0.1, -0.05) is 17.7 Å². The monoisotopic (exact) mass is 566 g/mol. The largest absolute Gasteiger partial charge is 0.351 e. The first kappa shape index (κ1) is 28.3. The van der Waals surface area contributed by atoms with Gasteiger partial charge in [-0.15, -0.1) is 0 Å². The van der Waals surface area contributed by atoms with Crippen molar-refractivity contribution in [2.45, 2.75) is 32.4 Å². The van der Waals surface area contributed by atoms with Crippen molar-refractivity contribution >= 4 is 58.5 Å². The maximum Gasteiger partial charge on any atom is 0.319 e. The summed E-state index contributed by atoms with van der Waals surface area (Å²) in [6.45, 7) is 1.88. The fourth-order valence-corrected chi connectivity index (χ4v) is 4.41. The van der Waals surface area contributed by atoms with Crippen molar-refractivity contribution in [2.75, 3.05) is 24.7 Å². The highest BCUT2D eigenvalue weighted by Crippen LogP contribution is 2.25. The second-order valence-corrected chi connectivity index (χ2v) is 9.96. The number of anilines is 2. The molecule has 2 aromatic rings. The minimum absolute atomic E-state index is 0.00576. The molecular weight excluding hydrogens is 540 g/mol. The topological polar surface area (TPSA) is 157 Å². The van der Waals surface area contributed by atoms with Crippen molar-refractivity contribution in [2.24, 2.45) is 0 Å². The number of carbonyl (C=O) groups excluding carboxylic acids is 6. The van der Waals surface area contributed by atoms with E-state index in [9.17, 15) is 28.8 Å². The van der Waals surface area contributed by atoms with E-state index in [1.54, 1.807) is 44.4 Å². The number of hydrogen-bond acceptors (Lipinski definition) is 7. The number of amides is 7.